The summed E-state index contributed by atoms with van der Waals surface area (Å²) in [4.78, 5) is 19.7. The summed E-state index contributed by atoms with van der Waals surface area (Å²) in [5.74, 6) is 0.784. The fourth-order valence-corrected chi connectivity index (χ4v) is 4.28. The van der Waals surface area contributed by atoms with E-state index in [1.54, 1.807) is 0 Å². The summed E-state index contributed by atoms with van der Waals surface area (Å²) < 4.78 is 10.8. The Balaban J connectivity index is 1.28. The Labute approximate surface area is 168 Å². The van der Waals surface area contributed by atoms with E-state index in [-0.39, 0.29) is 6.79 Å². The molecule has 150 valence electrons. The standard InChI is InChI=1S/C22H23N3O4/c26-22(27)21(17-12-23-18-4-2-1-3-16(17)18)25-9-7-24(8-10-25)13-15-5-6-19-20(11-15)29-14-28-19/h1-6,11-12,21,23H,7-10,13-14H2,(H,26,27). The van der Waals surface area contributed by atoms with Gasteiger partial charge in [0.25, 0.3) is 0 Å². The molecule has 5 rings (SSSR count). The van der Waals surface area contributed by atoms with Gasteiger partial charge in [-0.3, -0.25) is 14.6 Å². The van der Waals surface area contributed by atoms with E-state index in [9.17, 15) is 9.90 Å². The second kappa shape index (κ2) is 7.42. The van der Waals surface area contributed by atoms with Crippen molar-refractivity contribution in [3.05, 3.63) is 59.8 Å². The van der Waals surface area contributed by atoms with Crippen LogP contribution in [-0.4, -0.2) is 58.8 Å². The zero-order chi connectivity index (χ0) is 19.8. The molecule has 0 amide bonds. The SMILES string of the molecule is O=C(O)C(c1c[nH]c2ccccc12)N1CCN(Cc2ccc3c(c2)OCO3)CC1. The molecule has 0 bridgehead atoms. The molecular weight excluding hydrogens is 370 g/mol. The lowest BCUT2D eigenvalue weighted by Gasteiger charge is -2.37. The van der Waals surface area contributed by atoms with E-state index in [1.807, 2.05) is 42.6 Å². The molecule has 1 saturated heterocycles. The number of rotatable bonds is 5. The first-order valence-electron chi connectivity index (χ1n) is 9.83. The average Bonchev–Trinajstić information content (AvgIpc) is 3.36. The Hall–Kier alpha value is -3.03. The second-order valence-electron chi connectivity index (χ2n) is 7.53. The van der Waals surface area contributed by atoms with Crippen molar-refractivity contribution in [1.29, 1.82) is 0 Å². The molecule has 1 aromatic heterocycles. The Bertz CT molecular complexity index is 1040. The van der Waals surface area contributed by atoms with E-state index in [4.69, 9.17) is 9.47 Å². The van der Waals surface area contributed by atoms with Gasteiger partial charge in [-0.1, -0.05) is 24.3 Å². The third-order valence-corrected chi connectivity index (χ3v) is 5.76. The number of carboxylic acid groups (broad SMARTS) is 1. The lowest BCUT2D eigenvalue weighted by Crippen LogP contribution is -2.48. The minimum Gasteiger partial charge on any atom is -0.480 e. The Morgan fingerprint density at radius 3 is 2.69 bits per heavy atom. The number of aliphatic carboxylic acids is 1. The number of aromatic amines is 1. The van der Waals surface area contributed by atoms with E-state index in [2.05, 4.69) is 20.9 Å². The van der Waals surface area contributed by atoms with Gasteiger partial charge in [0.1, 0.15) is 6.04 Å². The lowest BCUT2D eigenvalue weighted by atomic mass is 10.0. The highest BCUT2D eigenvalue weighted by atomic mass is 16.7. The molecule has 2 aliphatic rings. The van der Waals surface area contributed by atoms with Crippen molar-refractivity contribution in [2.24, 2.45) is 0 Å². The predicted octanol–water partition coefficient (Wildman–Crippen LogP) is 2.84. The van der Waals surface area contributed by atoms with Gasteiger partial charge in [0.2, 0.25) is 6.79 Å². The monoisotopic (exact) mass is 393 g/mol. The van der Waals surface area contributed by atoms with Gasteiger partial charge < -0.3 is 19.6 Å². The van der Waals surface area contributed by atoms with Crippen LogP contribution in [0.25, 0.3) is 10.9 Å². The number of piperazine rings is 1. The number of nitrogens with one attached hydrogen (secondary N) is 1. The Kier molecular flexibility index (Phi) is 4.61. The van der Waals surface area contributed by atoms with Gasteiger partial charge in [0.05, 0.1) is 0 Å². The summed E-state index contributed by atoms with van der Waals surface area (Å²) in [6.45, 7) is 4.15. The van der Waals surface area contributed by atoms with Gasteiger partial charge in [-0.15, -0.1) is 0 Å². The number of carbonyl (C=O) groups is 1. The molecule has 0 aliphatic carbocycles. The van der Waals surface area contributed by atoms with Crippen LogP contribution in [0.1, 0.15) is 17.2 Å². The summed E-state index contributed by atoms with van der Waals surface area (Å²) in [6, 6.07) is 13.3. The quantitative estimate of drug-likeness (QED) is 0.694. The van der Waals surface area contributed by atoms with Crippen LogP contribution in [0.15, 0.2) is 48.7 Å². The first-order chi connectivity index (χ1) is 14.2. The Morgan fingerprint density at radius 1 is 1.07 bits per heavy atom. The van der Waals surface area contributed by atoms with Crippen LogP contribution in [0.3, 0.4) is 0 Å². The van der Waals surface area contributed by atoms with E-state index in [0.29, 0.717) is 13.1 Å². The van der Waals surface area contributed by atoms with Crippen LogP contribution in [0.2, 0.25) is 0 Å². The number of hydrogen-bond donors (Lipinski definition) is 2. The number of carboxylic acids is 1. The number of hydrogen-bond acceptors (Lipinski definition) is 5. The van der Waals surface area contributed by atoms with Crippen LogP contribution >= 0.6 is 0 Å². The van der Waals surface area contributed by atoms with Crippen molar-refractivity contribution in [1.82, 2.24) is 14.8 Å². The second-order valence-corrected chi connectivity index (χ2v) is 7.53. The zero-order valence-corrected chi connectivity index (χ0v) is 16.0. The highest BCUT2D eigenvalue weighted by molar-refractivity contribution is 5.89. The maximum atomic E-state index is 12.1. The number of para-hydroxylation sites is 1. The first kappa shape index (κ1) is 18.0. The van der Waals surface area contributed by atoms with E-state index in [1.165, 1.54) is 5.56 Å². The number of ether oxygens (including phenoxy) is 2. The molecule has 0 saturated carbocycles. The molecule has 0 spiro atoms. The number of fused-ring (bicyclic) bond motifs is 2. The van der Waals surface area contributed by atoms with Gasteiger partial charge >= 0.3 is 5.97 Å². The van der Waals surface area contributed by atoms with Crippen LogP contribution in [-0.2, 0) is 11.3 Å². The van der Waals surface area contributed by atoms with Crippen molar-refractivity contribution < 1.29 is 19.4 Å². The lowest BCUT2D eigenvalue weighted by molar-refractivity contribution is -0.144. The molecule has 3 aromatic rings. The smallest absolute Gasteiger partial charge is 0.325 e. The van der Waals surface area contributed by atoms with Crippen LogP contribution < -0.4 is 9.47 Å². The maximum absolute atomic E-state index is 12.1. The molecule has 29 heavy (non-hydrogen) atoms. The van der Waals surface area contributed by atoms with Crippen LogP contribution in [0.4, 0.5) is 0 Å². The van der Waals surface area contributed by atoms with E-state index in [0.717, 1.165) is 47.6 Å². The summed E-state index contributed by atoms with van der Waals surface area (Å²) in [6.07, 6.45) is 1.84. The fraction of sp³-hybridized carbons (Fsp3) is 0.318. The molecule has 3 heterocycles. The topological polar surface area (TPSA) is 78.0 Å². The van der Waals surface area contributed by atoms with Crippen molar-refractivity contribution in [3.63, 3.8) is 0 Å². The molecule has 7 nitrogen and oxygen atoms in total. The van der Waals surface area contributed by atoms with E-state index < -0.39 is 12.0 Å². The molecule has 2 aliphatic heterocycles. The zero-order valence-electron chi connectivity index (χ0n) is 16.0. The minimum absolute atomic E-state index is 0.280. The molecule has 0 radical (unpaired) electrons. The maximum Gasteiger partial charge on any atom is 0.325 e. The van der Waals surface area contributed by atoms with Gasteiger partial charge in [0.15, 0.2) is 11.5 Å². The first-order valence-corrected chi connectivity index (χ1v) is 9.83. The molecular formula is C22H23N3O4. The van der Waals surface area contributed by atoms with E-state index >= 15 is 0 Å². The third kappa shape index (κ3) is 3.43. The van der Waals surface area contributed by atoms with Crippen molar-refractivity contribution in [3.8, 4) is 11.5 Å². The highest BCUT2D eigenvalue weighted by Gasteiger charge is 2.32. The minimum atomic E-state index is -0.807. The molecule has 1 unspecified atom stereocenters. The normalized spacial score (nSPS) is 18.2. The van der Waals surface area contributed by atoms with Crippen molar-refractivity contribution in [2.75, 3.05) is 33.0 Å². The average molecular weight is 393 g/mol. The fourth-order valence-electron chi connectivity index (χ4n) is 4.28. The molecule has 2 aromatic carbocycles. The molecule has 2 N–H and O–H groups in total. The third-order valence-electron chi connectivity index (χ3n) is 5.76. The Morgan fingerprint density at radius 2 is 1.86 bits per heavy atom. The summed E-state index contributed by atoms with van der Waals surface area (Å²) in [5, 5.41) is 10.9. The van der Waals surface area contributed by atoms with Crippen molar-refractivity contribution >= 4 is 16.9 Å². The van der Waals surface area contributed by atoms with Gasteiger partial charge in [-0.05, 0) is 23.8 Å². The molecule has 1 atom stereocenters. The van der Waals surface area contributed by atoms with Crippen molar-refractivity contribution in [2.45, 2.75) is 12.6 Å². The molecule has 1 fully saturated rings. The number of benzene rings is 2. The van der Waals surface area contributed by atoms with Gasteiger partial charge in [-0.2, -0.15) is 0 Å². The number of H-pyrrole nitrogens is 1. The van der Waals surface area contributed by atoms with Crippen LogP contribution in [0, 0.1) is 0 Å². The largest absolute Gasteiger partial charge is 0.480 e. The summed E-state index contributed by atoms with van der Waals surface area (Å²) in [5.41, 5.74) is 2.97. The predicted molar refractivity (Wildman–Crippen MR) is 108 cm³/mol. The highest BCUT2D eigenvalue weighted by Crippen LogP contribution is 2.33. The number of aromatic nitrogens is 1. The summed E-state index contributed by atoms with van der Waals surface area (Å²) in [7, 11) is 0. The summed E-state index contributed by atoms with van der Waals surface area (Å²) >= 11 is 0. The number of nitrogens with zero attached hydrogens (tertiary/aromatic N) is 2. The van der Waals surface area contributed by atoms with Crippen LogP contribution in [0.5, 0.6) is 11.5 Å². The van der Waals surface area contributed by atoms with Gasteiger partial charge in [0, 0.05) is 55.4 Å². The van der Waals surface area contributed by atoms with Gasteiger partial charge in [-0.25, -0.2) is 0 Å². The molecule has 7 heteroatoms.